The molecule has 0 aliphatic carbocycles. The highest BCUT2D eigenvalue weighted by molar-refractivity contribution is 6.30. The van der Waals surface area contributed by atoms with Crippen molar-refractivity contribution in [1.82, 2.24) is 9.78 Å². The first-order valence-corrected chi connectivity index (χ1v) is 6.73. The average Bonchev–Trinajstić information content (AvgIpc) is 2.73. The number of aromatic nitrogens is 2. The third-order valence-electron chi connectivity index (χ3n) is 3.15. The fourth-order valence-electron chi connectivity index (χ4n) is 2.19. The lowest BCUT2D eigenvalue weighted by Crippen LogP contribution is -2.17. The van der Waals surface area contributed by atoms with Crippen LogP contribution in [0.1, 0.15) is 29.9 Å². The van der Waals surface area contributed by atoms with Gasteiger partial charge in [0.05, 0.1) is 10.7 Å². The lowest BCUT2D eigenvalue weighted by molar-refractivity contribution is 0.544. The molecule has 0 bridgehead atoms. The van der Waals surface area contributed by atoms with Crippen molar-refractivity contribution in [3.05, 3.63) is 51.8 Å². The molecular formula is C14H16ClF2N3. The fourth-order valence-corrected chi connectivity index (χ4v) is 2.34. The van der Waals surface area contributed by atoms with Crippen LogP contribution in [0.25, 0.3) is 0 Å². The topological polar surface area (TPSA) is 43.8 Å². The van der Waals surface area contributed by atoms with Crippen molar-refractivity contribution in [2.75, 3.05) is 0 Å². The SMILES string of the molecule is CCn1nc(C)cc1CC(N)c1cc(F)c(Cl)cc1F. The van der Waals surface area contributed by atoms with E-state index >= 15 is 0 Å². The second-order valence-electron chi connectivity index (χ2n) is 4.69. The third-order valence-corrected chi connectivity index (χ3v) is 3.44. The Kier molecular flexibility index (Phi) is 4.40. The van der Waals surface area contributed by atoms with Gasteiger partial charge in [-0.15, -0.1) is 0 Å². The number of rotatable bonds is 4. The molecule has 1 unspecified atom stereocenters. The van der Waals surface area contributed by atoms with E-state index in [1.54, 1.807) is 4.68 Å². The minimum atomic E-state index is -0.668. The van der Waals surface area contributed by atoms with Gasteiger partial charge in [-0.25, -0.2) is 8.78 Å². The predicted octanol–water partition coefficient (Wildman–Crippen LogP) is 3.39. The molecule has 2 aromatic rings. The highest BCUT2D eigenvalue weighted by atomic mass is 35.5. The molecule has 3 nitrogen and oxygen atoms in total. The first-order valence-electron chi connectivity index (χ1n) is 6.35. The quantitative estimate of drug-likeness (QED) is 0.880. The minimum Gasteiger partial charge on any atom is -0.324 e. The summed E-state index contributed by atoms with van der Waals surface area (Å²) in [5.74, 6) is -1.26. The maximum absolute atomic E-state index is 13.8. The lowest BCUT2D eigenvalue weighted by atomic mass is 10.0. The smallest absolute Gasteiger partial charge is 0.142 e. The average molecular weight is 300 g/mol. The van der Waals surface area contributed by atoms with Crippen molar-refractivity contribution in [2.24, 2.45) is 5.73 Å². The summed E-state index contributed by atoms with van der Waals surface area (Å²) in [4.78, 5) is 0. The molecule has 2 N–H and O–H groups in total. The summed E-state index contributed by atoms with van der Waals surface area (Å²) < 4.78 is 29.1. The first-order chi connectivity index (χ1) is 9.42. The molecule has 0 aliphatic heterocycles. The van der Waals surface area contributed by atoms with Crippen LogP contribution < -0.4 is 5.73 Å². The molecule has 6 heteroatoms. The Balaban J connectivity index is 2.28. The van der Waals surface area contributed by atoms with E-state index in [4.69, 9.17) is 17.3 Å². The van der Waals surface area contributed by atoms with Gasteiger partial charge in [-0.2, -0.15) is 5.10 Å². The third kappa shape index (κ3) is 2.99. The monoisotopic (exact) mass is 299 g/mol. The van der Waals surface area contributed by atoms with E-state index in [2.05, 4.69) is 5.10 Å². The van der Waals surface area contributed by atoms with E-state index in [0.717, 1.165) is 23.5 Å². The van der Waals surface area contributed by atoms with Gasteiger partial charge in [-0.1, -0.05) is 11.6 Å². The van der Waals surface area contributed by atoms with Gasteiger partial charge in [-0.05, 0) is 32.0 Å². The zero-order valence-electron chi connectivity index (χ0n) is 11.3. The van der Waals surface area contributed by atoms with Crippen LogP contribution >= 0.6 is 11.6 Å². The zero-order valence-corrected chi connectivity index (χ0v) is 12.1. The van der Waals surface area contributed by atoms with Crippen molar-refractivity contribution in [2.45, 2.75) is 32.9 Å². The molecule has 0 saturated carbocycles. The number of aryl methyl sites for hydroxylation is 2. The van der Waals surface area contributed by atoms with Gasteiger partial charge >= 0.3 is 0 Å². The van der Waals surface area contributed by atoms with Crippen LogP contribution in [0.4, 0.5) is 8.78 Å². The van der Waals surface area contributed by atoms with E-state index < -0.39 is 17.7 Å². The second kappa shape index (κ2) is 5.89. The highest BCUT2D eigenvalue weighted by Crippen LogP contribution is 2.25. The Hall–Kier alpha value is -1.46. The van der Waals surface area contributed by atoms with Crippen LogP contribution in [0.3, 0.4) is 0 Å². The largest absolute Gasteiger partial charge is 0.324 e. The summed E-state index contributed by atoms with van der Waals surface area (Å²) in [5.41, 5.74) is 7.88. The molecule has 108 valence electrons. The van der Waals surface area contributed by atoms with Gasteiger partial charge in [0.1, 0.15) is 11.6 Å². The molecule has 0 saturated heterocycles. The molecule has 0 spiro atoms. The van der Waals surface area contributed by atoms with Gasteiger partial charge < -0.3 is 5.73 Å². The number of hydrogen-bond acceptors (Lipinski definition) is 2. The molecule has 0 radical (unpaired) electrons. The van der Waals surface area contributed by atoms with Gasteiger partial charge in [0.25, 0.3) is 0 Å². The van der Waals surface area contributed by atoms with Crippen LogP contribution in [-0.4, -0.2) is 9.78 Å². The molecule has 2 rings (SSSR count). The fraction of sp³-hybridized carbons (Fsp3) is 0.357. The van der Waals surface area contributed by atoms with Crippen LogP contribution in [0.15, 0.2) is 18.2 Å². The maximum Gasteiger partial charge on any atom is 0.142 e. The van der Waals surface area contributed by atoms with E-state index in [1.165, 1.54) is 0 Å². The van der Waals surface area contributed by atoms with Crippen LogP contribution in [0.2, 0.25) is 5.02 Å². The first kappa shape index (κ1) is 14.9. The van der Waals surface area contributed by atoms with Crippen molar-refractivity contribution < 1.29 is 8.78 Å². The van der Waals surface area contributed by atoms with Crippen molar-refractivity contribution in [1.29, 1.82) is 0 Å². The molecular weight excluding hydrogens is 284 g/mol. The maximum atomic E-state index is 13.8. The Morgan fingerprint density at radius 1 is 1.30 bits per heavy atom. The Morgan fingerprint density at radius 3 is 2.65 bits per heavy atom. The van der Waals surface area contributed by atoms with Gasteiger partial charge in [0.2, 0.25) is 0 Å². The van der Waals surface area contributed by atoms with E-state index in [-0.39, 0.29) is 10.6 Å². The summed E-state index contributed by atoms with van der Waals surface area (Å²) in [6.07, 6.45) is 0.382. The normalized spacial score (nSPS) is 12.7. The van der Waals surface area contributed by atoms with Gasteiger partial charge in [0, 0.05) is 30.3 Å². The molecule has 0 amide bonds. The Labute approximate surface area is 121 Å². The van der Waals surface area contributed by atoms with Crippen LogP contribution in [-0.2, 0) is 13.0 Å². The number of nitrogens with zero attached hydrogens (tertiary/aromatic N) is 2. The van der Waals surface area contributed by atoms with Gasteiger partial charge in [0.15, 0.2) is 0 Å². The minimum absolute atomic E-state index is 0.119. The zero-order chi connectivity index (χ0) is 14.9. The lowest BCUT2D eigenvalue weighted by Gasteiger charge is -2.14. The van der Waals surface area contributed by atoms with Crippen molar-refractivity contribution >= 4 is 11.6 Å². The standard InChI is InChI=1S/C14H16ClF2N3/c1-3-20-9(4-8(2)19-20)5-14(18)10-6-13(17)11(15)7-12(10)16/h4,6-7,14H,3,5,18H2,1-2H3. The van der Waals surface area contributed by atoms with Crippen LogP contribution in [0, 0.1) is 18.6 Å². The number of hydrogen-bond donors (Lipinski definition) is 1. The Bertz CT molecular complexity index is 625. The van der Waals surface area contributed by atoms with Gasteiger partial charge in [-0.3, -0.25) is 4.68 Å². The predicted molar refractivity (Wildman–Crippen MR) is 74.6 cm³/mol. The molecule has 20 heavy (non-hydrogen) atoms. The summed E-state index contributed by atoms with van der Waals surface area (Å²) in [6.45, 7) is 4.54. The molecule has 0 fully saturated rings. The van der Waals surface area contributed by atoms with Crippen molar-refractivity contribution in [3.63, 3.8) is 0 Å². The molecule has 1 heterocycles. The van der Waals surface area contributed by atoms with E-state index in [1.807, 2.05) is 19.9 Å². The Morgan fingerprint density at radius 2 is 2.00 bits per heavy atom. The molecule has 1 atom stereocenters. The summed E-state index contributed by atoms with van der Waals surface area (Å²) in [5, 5.41) is 4.06. The number of halogens is 3. The van der Waals surface area contributed by atoms with Crippen LogP contribution in [0.5, 0.6) is 0 Å². The van der Waals surface area contributed by atoms with E-state index in [9.17, 15) is 8.78 Å². The second-order valence-corrected chi connectivity index (χ2v) is 5.10. The molecule has 1 aromatic carbocycles. The highest BCUT2D eigenvalue weighted by Gasteiger charge is 2.17. The number of nitrogens with two attached hydrogens (primary N) is 1. The summed E-state index contributed by atoms with van der Waals surface area (Å²) in [7, 11) is 0. The molecule has 1 aromatic heterocycles. The van der Waals surface area contributed by atoms with Crippen molar-refractivity contribution in [3.8, 4) is 0 Å². The summed E-state index contributed by atoms with van der Waals surface area (Å²) in [6, 6.07) is 3.26. The summed E-state index contributed by atoms with van der Waals surface area (Å²) >= 11 is 5.53. The van der Waals surface area contributed by atoms with E-state index in [0.29, 0.717) is 13.0 Å². The molecule has 0 aliphatic rings. The number of benzene rings is 1.